The van der Waals surface area contributed by atoms with Crippen LogP contribution in [0.3, 0.4) is 0 Å². The molecule has 0 amide bonds. The number of halogens is 3. The number of aromatic hydroxyl groups is 1. The predicted octanol–water partition coefficient (Wildman–Crippen LogP) is 3.67. The number of nitrogens with one attached hydrogen (secondary N) is 2. The fraction of sp³-hybridized carbons (Fsp3) is 0.158. The molecule has 0 bridgehead atoms. The van der Waals surface area contributed by atoms with Crippen LogP contribution in [0.4, 0.5) is 30.2 Å². The minimum Gasteiger partial charge on any atom is -0.508 e. The van der Waals surface area contributed by atoms with E-state index in [1.165, 1.54) is 24.3 Å². The van der Waals surface area contributed by atoms with Crippen molar-refractivity contribution >= 4 is 17.1 Å². The number of rotatable bonds is 5. The fourth-order valence-electron chi connectivity index (χ4n) is 2.61. The van der Waals surface area contributed by atoms with Gasteiger partial charge in [0.1, 0.15) is 17.1 Å². The second-order valence-electron chi connectivity index (χ2n) is 6.09. The van der Waals surface area contributed by atoms with Crippen molar-refractivity contribution in [1.82, 2.24) is 0 Å². The van der Waals surface area contributed by atoms with E-state index in [0.717, 1.165) is 12.1 Å². The summed E-state index contributed by atoms with van der Waals surface area (Å²) in [5.41, 5.74) is -0.779. The summed E-state index contributed by atoms with van der Waals surface area (Å²) >= 11 is 0. The van der Waals surface area contributed by atoms with Crippen molar-refractivity contribution in [2.75, 3.05) is 10.6 Å². The molecule has 0 spiro atoms. The first-order chi connectivity index (χ1) is 12.7. The summed E-state index contributed by atoms with van der Waals surface area (Å²) in [6.45, 7) is 1.63. The van der Waals surface area contributed by atoms with Crippen LogP contribution in [0.1, 0.15) is 16.7 Å². The minimum absolute atomic E-state index is 0.0168. The lowest BCUT2D eigenvalue weighted by molar-refractivity contribution is -0.137. The fourth-order valence-corrected chi connectivity index (χ4v) is 2.61. The molecule has 0 atom stereocenters. The highest BCUT2D eigenvalue weighted by atomic mass is 19.4. The van der Waals surface area contributed by atoms with Crippen molar-refractivity contribution in [2.24, 2.45) is 0 Å². The Hall–Kier alpha value is -3.29. The second kappa shape index (κ2) is 6.79. The van der Waals surface area contributed by atoms with Crippen molar-refractivity contribution in [3.8, 4) is 5.75 Å². The van der Waals surface area contributed by atoms with Gasteiger partial charge in [-0.05, 0) is 48.4 Å². The Morgan fingerprint density at radius 1 is 1.00 bits per heavy atom. The van der Waals surface area contributed by atoms with E-state index >= 15 is 0 Å². The van der Waals surface area contributed by atoms with Gasteiger partial charge in [0, 0.05) is 12.2 Å². The van der Waals surface area contributed by atoms with Gasteiger partial charge in [-0.25, -0.2) is 0 Å². The molecule has 0 saturated carbocycles. The molecule has 27 heavy (non-hydrogen) atoms. The molecule has 0 heterocycles. The molecule has 0 aliphatic carbocycles. The molecular formula is C19H15F3N2O3. The van der Waals surface area contributed by atoms with Crippen LogP contribution in [-0.4, -0.2) is 5.11 Å². The van der Waals surface area contributed by atoms with E-state index in [2.05, 4.69) is 10.6 Å². The average molecular weight is 376 g/mol. The van der Waals surface area contributed by atoms with Gasteiger partial charge in [-0.15, -0.1) is 0 Å². The Morgan fingerprint density at radius 2 is 1.70 bits per heavy atom. The highest BCUT2D eigenvalue weighted by molar-refractivity contribution is 5.79. The van der Waals surface area contributed by atoms with Crippen LogP contribution >= 0.6 is 0 Å². The van der Waals surface area contributed by atoms with Crippen LogP contribution in [0.15, 0.2) is 52.1 Å². The molecule has 0 saturated heterocycles. The SMILES string of the molecule is Cc1cc(Nc2c(NCc3cccc(C(F)(F)F)c3)c(=O)c2=O)ccc1O. The molecule has 3 rings (SSSR count). The second-order valence-corrected chi connectivity index (χ2v) is 6.09. The third kappa shape index (κ3) is 3.79. The van der Waals surface area contributed by atoms with E-state index in [9.17, 15) is 27.9 Å². The summed E-state index contributed by atoms with van der Waals surface area (Å²) in [6, 6.07) is 9.29. The first-order valence-corrected chi connectivity index (χ1v) is 7.97. The molecule has 0 fully saturated rings. The number of hydrogen-bond acceptors (Lipinski definition) is 5. The van der Waals surface area contributed by atoms with Crippen molar-refractivity contribution in [3.05, 3.63) is 79.6 Å². The van der Waals surface area contributed by atoms with Crippen molar-refractivity contribution in [2.45, 2.75) is 19.6 Å². The maximum Gasteiger partial charge on any atom is 0.416 e. The first-order valence-electron chi connectivity index (χ1n) is 7.97. The number of hydrogen-bond donors (Lipinski definition) is 3. The number of phenolic OH excluding ortho intramolecular Hbond substituents is 1. The summed E-state index contributed by atoms with van der Waals surface area (Å²) in [4.78, 5) is 23.6. The van der Waals surface area contributed by atoms with Crippen molar-refractivity contribution in [3.63, 3.8) is 0 Å². The van der Waals surface area contributed by atoms with Crippen LogP contribution in [0.5, 0.6) is 5.75 Å². The Morgan fingerprint density at radius 3 is 2.37 bits per heavy atom. The van der Waals surface area contributed by atoms with Gasteiger partial charge in [0.15, 0.2) is 0 Å². The first kappa shape index (κ1) is 18.5. The highest BCUT2D eigenvalue weighted by Crippen LogP contribution is 2.30. The quantitative estimate of drug-likeness (QED) is 0.468. The Bertz CT molecular complexity index is 1070. The van der Waals surface area contributed by atoms with E-state index in [0.29, 0.717) is 16.8 Å². The number of benzene rings is 2. The molecular weight excluding hydrogens is 361 g/mol. The number of anilines is 3. The van der Waals surface area contributed by atoms with Crippen molar-refractivity contribution < 1.29 is 18.3 Å². The standard InChI is InChI=1S/C19H15F3N2O3/c1-10-7-13(5-6-14(10)25)24-16-15(17(26)18(16)27)23-9-11-3-2-4-12(8-11)19(20,21)22/h2-8,23-25H,9H2,1H3. The molecule has 3 aromatic carbocycles. The summed E-state index contributed by atoms with van der Waals surface area (Å²) in [5, 5.41) is 15.1. The lowest BCUT2D eigenvalue weighted by Gasteiger charge is -2.16. The van der Waals surface area contributed by atoms with Gasteiger partial charge in [-0.2, -0.15) is 13.2 Å². The van der Waals surface area contributed by atoms with Gasteiger partial charge in [0.2, 0.25) is 0 Å². The topological polar surface area (TPSA) is 78.4 Å². The largest absolute Gasteiger partial charge is 0.508 e. The lowest BCUT2D eigenvalue weighted by Crippen LogP contribution is -2.36. The summed E-state index contributed by atoms with van der Waals surface area (Å²) in [7, 11) is 0. The third-order valence-corrected chi connectivity index (χ3v) is 4.10. The molecule has 0 unspecified atom stereocenters. The van der Waals surface area contributed by atoms with Crippen LogP contribution in [0.2, 0.25) is 0 Å². The Balaban J connectivity index is 1.77. The van der Waals surface area contributed by atoms with Gasteiger partial charge >= 0.3 is 6.18 Å². The van der Waals surface area contributed by atoms with Gasteiger partial charge in [0.05, 0.1) is 5.56 Å². The van der Waals surface area contributed by atoms with Crippen LogP contribution < -0.4 is 21.5 Å². The van der Waals surface area contributed by atoms with Crippen LogP contribution in [0, 0.1) is 6.92 Å². The van der Waals surface area contributed by atoms with Gasteiger partial charge in [-0.1, -0.05) is 12.1 Å². The zero-order valence-electron chi connectivity index (χ0n) is 14.1. The maximum absolute atomic E-state index is 12.8. The lowest BCUT2D eigenvalue weighted by atomic mass is 10.1. The van der Waals surface area contributed by atoms with Gasteiger partial charge in [-0.3, -0.25) is 9.59 Å². The molecule has 140 valence electrons. The Labute approximate surface area is 151 Å². The van der Waals surface area contributed by atoms with E-state index in [-0.39, 0.29) is 23.7 Å². The monoisotopic (exact) mass is 376 g/mol. The molecule has 3 aromatic rings. The summed E-state index contributed by atoms with van der Waals surface area (Å²) < 4.78 is 38.3. The zero-order chi connectivity index (χ0) is 19.8. The van der Waals surface area contributed by atoms with Gasteiger partial charge in [0.25, 0.3) is 10.9 Å². The molecule has 3 N–H and O–H groups in total. The van der Waals surface area contributed by atoms with E-state index in [1.54, 1.807) is 13.0 Å². The molecule has 0 radical (unpaired) electrons. The van der Waals surface area contributed by atoms with Crippen LogP contribution in [-0.2, 0) is 12.7 Å². The molecule has 0 aliphatic heterocycles. The average Bonchev–Trinajstić information content (AvgIpc) is 2.63. The zero-order valence-corrected chi connectivity index (χ0v) is 14.1. The molecule has 0 aliphatic rings. The number of alkyl halides is 3. The normalized spacial score (nSPS) is 11.6. The van der Waals surface area contributed by atoms with E-state index < -0.39 is 22.6 Å². The predicted molar refractivity (Wildman–Crippen MR) is 96.3 cm³/mol. The molecule has 5 nitrogen and oxygen atoms in total. The summed E-state index contributed by atoms with van der Waals surface area (Å²) in [5.74, 6) is 0.0911. The van der Waals surface area contributed by atoms with Gasteiger partial charge < -0.3 is 15.7 Å². The Kier molecular flexibility index (Phi) is 4.65. The van der Waals surface area contributed by atoms with Crippen LogP contribution in [0.25, 0.3) is 0 Å². The van der Waals surface area contributed by atoms with E-state index in [4.69, 9.17) is 0 Å². The van der Waals surface area contributed by atoms with E-state index in [1.807, 2.05) is 0 Å². The summed E-state index contributed by atoms with van der Waals surface area (Å²) in [6.07, 6.45) is -4.46. The number of phenols is 1. The highest BCUT2D eigenvalue weighted by Gasteiger charge is 2.30. The minimum atomic E-state index is -4.46. The molecule has 8 heteroatoms. The number of aryl methyl sites for hydroxylation is 1. The van der Waals surface area contributed by atoms with Crippen molar-refractivity contribution in [1.29, 1.82) is 0 Å². The third-order valence-electron chi connectivity index (χ3n) is 4.10. The maximum atomic E-state index is 12.8. The smallest absolute Gasteiger partial charge is 0.416 e. The molecule has 0 aromatic heterocycles.